The molecule has 21 nitrogen and oxygen atoms in total. The van der Waals surface area contributed by atoms with Crippen molar-refractivity contribution in [3.63, 3.8) is 0 Å². The summed E-state index contributed by atoms with van der Waals surface area (Å²) in [6.07, 6.45) is 0.177. The number of aryl methyl sites for hydroxylation is 5. The smallest absolute Gasteiger partial charge is 0.344 e. The van der Waals surface area contributed by atoms with Crippen molar-refractivity contribution in [2.24, 2.45) is 17.2 Å². The fourth-order valence-electron chi connectivity index (χ4n) is 13.6. The van der Waals surface area contributed by atoms with Crippen molar-refractivity contribution in [2.75, 3.05) is 26.2 Å². The van der Waals surface area contributed by atoms with Gasteiger partial charge < -0.3 is 32.7 Å². The number of nitrogens with zero attached hydrogens (tertiary/aromatic N) is 10. The second-order valence-corrected chi connectivity index (χ2v) is 28.6. The van der Waals surface area contributed by atoms with E-state index in [1.165, 1.54) is 43.9 Å². The number of hydrogen-bond acceptors (Lipinski definition) is 12. The number of alkyl halides is 3. The van der Waals surface area contributed by atoms with E-state index in [2.05, 4.69) is 41.9 Å². The van der Waals surface area contributed by atoms with E-state index >= 15 is 0 Å². The maximum Gasteiger partial charge on any atom is 0.416 e. The van der Waals surface area contributed by atoms with Crippen LogP contribution >= 0.6 is 39.1 Å². The van der Waals surface area contributed by atoms with E-state index in [1.807, 2.05) is 149 Å². The fraction of sp³-hybridized carbons (Fsp3) is 0.313. The molecule has 28 heteroatoms. The predicted octanol–water partition coefficient (Wildman–Crippen LogP) is 14.6. The van der Waals surface area contributed by atoms with Crippen molar-refractivity contribution < 1.29 is 31.9 Å². The average Bonchev–Trinajstić information content (AvgIpc) is 1.68. The summed E-state index contributed by atoms with van der Waals surface area (Å²) in [7, 11) is 0. The summed E-state index contributed by atoms with van der Waals surface area (Å²) in [4.78, 5) is 83.2. The number of benzene rings is 6. The third-order valence-corrected chi connectivity index (χ3v) is 21.4. The Morgan fingerprint density at radius 2 is 0.964 bits per heavy atom. The zero-order valence-corrected chi connectivity index (χ0v) is 65.9. The lowest BCUT2D eigenvalue weighted by Gasteiger charge is -2.33. The van der Waals surface area contributed by atoms with Crippen LogP contribution in [0.1, 0.15) is 182 Å². The summed E-state index contributed by atoms with van der Waals surface area (Å²) in [6.45, 7) is 15.6. The van der Waals surface area contributed by atoms with Crippen LogP contribution in [0.25, 0.3) is 16.6 Å². The van der Waals surface area contributed by atoms with Crippen molar-refractivity contribution >= 4 is 73.4 Å². The molecule has 0 fully saturated rings. The molecule has 0 aliphatic carbocycles. The standard InChI is InChI=1S/C28H29BrF3N5O2.C28H32ClN5O2.C27H29ClFN5O2/c1-3-22(35(15-7-14-33)26(38)20-10-12-21(13-11-20)28(30,31)32)23-16-24-25(29)18(2)34-37(24)27(39)36(23)17-19-8-5-4-6-9-19;1-4-23(31-27(35)22-13-8-10-18(2)21(22)14-9-15-30)24-16-25-26(29)19(3)32-34(25)28(36)33(24)17-20-11-6-5-7-12-20;1-3-22(31-26(35)21-12-11-20(29)14-19(21)10-7-13-30)23-15-24-25(28)17(2)32-34(24)27(36)33(23)16-18-8-5-4-6-9-18/h4-6,8-13,16,22H,3,7,14-15,17,33H2,1-2H3;5-8,10-13,16,23H,4,9,14-15,17,30H2,1-3H3,(H,31,35);4-6,8-9,11-12,14-15,22H,3,7,10,13,16,30H2,1-2H3,(H,31,35). The zero-order valence-electron chi connectivity index (χ0n) is 62.8. The summed E-state index contributed by atoms with van der Waals surface area (Å²) in [5.41, 5.74) is 27.1. The number of amides is 3. The molecule has 0 saturated heterocycles. The molecule has 582 valence electrons. The van der Waals surface area contributed by atoms with Gasteiger partial charge in [0.15, 0.2) is 0 Å². The van der Waals surface area contributed by atoms with Crippen LogP contribution in [0.3, 0.4) is 0 Å². The second kappa shape index (κ2) is 37.6. The van der Waals surface area contributed by atoms with Gasteiger partial charge >= 0.3 is 23.2 Å². The topological polar surface area (TPSA) is 274 Å². The van der Waals surface area contributed by atoms with E-state index in [0.717, 1.165) is 52.8 Å². The third-order valence-electron chi connectivity index (χ3n) is 19.5. The van der Waals surface area contributed by atoms with Gasteiger partial charge in [0.2, 0.25) is 0 Å². The highest BCUT2D eigenvalue weighted by Crippen LogP contribution is 2.34. The lowest BCUT2D eigenvalue weighted by atomic mass is 9.96. The van der Waals surface area contributed by atoms with Gasteiger partial charge in [0.1, 0.15) is 5.82 Å². The van der Waals surface area contributed by atoms with Gasteiger partial charge in [-0.3, -0.25) is 28.1 Å². The highest BCUT2D eigenvalue weighted by Gasteiger charge is 2.34. The first-order valence-electron chi connectivity index (χ1n) is 36.8. The normalized spacial score (nSPS) is 12.3. The molecule has 12 aromatic rings. The van der Waals surface area contributed by atoms with E-state index in [1.54, 1.807) is 45.4 Å². The molecule has 3 unspecified atom stereocenters. The highest BCUT2D eigenvalue weighted by atomic mass is 79.9. The minimum Gasteiger partial charge on any atom is -0.344 e. The second-order valence-electron chi connectivity index (χ2n) is 27.1. The molecule has 3 atom stereocenters. The van der Waals surface area contributed by atoms with Crippen LogP contribution in [0.4, 0.5) is 17.6 Å². The molecule has 6 heterocycles. The summed E-state index contributed by atoms with van der Waals surface area (Å²) < 4.78 is 62.8. The van der Waals surface area contributed by atoms with Crippen molar-refractivity contribution in [2.45, 2.75) is 144 Å². The zero-order chi connectivity index (χ0) is 80.0. The number of halogens is 7. The molecule has 12 rings (SSSR count). The van der Waals surface area contributed by atoms with Crippen LogP contribution in [0.15, 0.2) is 189 Å². The van der Waals surface area contributed by atoms with Crippen LogP contribution in [-0.4, -0.2) is 91.3 Å². The Balaban J connectivity index is 0.000000177. The first kappa shape index (κ1) is 83.1. The number of carbonyl (C=O) groups excluding carboxylic acids is 3. The number of carbonyl (C=O) groups is 3. The van der Waals surface area contributed by atoms with E-state index < -0.39 is 41.6 Å². The van der Waals surface area contributed by atoms with E-state index in [0.29, 0.717) is 153 Å². The van der Waals surface area contributed by atoms with Crippen LogP contribution < -0.4 is 44.9 Å². The van der Waals surface area contributed by atoms with Crippen molar-refractivity contribution in [3.8, 4) is 0 Å². The number of nitrogens with two attached hydrogens (primary N) is 3. The minimum atomic E-state index is -4.51. The fourth-order valence-corrected chi connectivity index (χ4v) is 14.3. The van der Waals surface area contributed by atoms with Gasteiger partial charge in [-0.15, -0.1) is 0 Å². The number of rotatable bonds is 27. The first-order valence-corrected chi connectivity index (χ1v) is 38.3. The number of hydrogen-bond donors (Lipinski definition) is 5. The maximum atomic E-state index is 13.9. The quantitative estimate of drug-likeness (QED) is 0.0301. The summed E-state index contributed by atoms with van der Waals surface area (Å²) in [5.74, 6) is -1.36. The van der Waals surface area contributed by atoms with Crippen molar-refractivity contribution in [1.82, 2.24) is 58.1 Å². The lowest BCUT2D eigenvalue weighted by molar-refractivity contribution is -0.137. The molecule has 0 bridgehead atoms. The SMILES string of the molecule is CCC(NC(=O)c1ccc(F)cc1CCCN)c1cc2c(Cl)c(C)nn2c(=O)n1Cc1ccccc1.CCC(NC(=O)c1cccc(C)c1CCCN)c1cc2c(Cl)c(C)nn2c(=O)n1Cc1ccccc1.CCC(c1cc2c(Br)c(C)nn2c(=O)n1Cc1ccccc1)N(CCCN)C(=O)c1ccc(C(F)(F)F)cc1. The molecule has 0 saturated carbocycles. The maximum absolute atomic E-state index is 13.9. The monoisotopic (exact) mass is 1620 g/mol. The molecule has 6 aromatic heterocycles. The van der Waals surface area contributed by atoms with Crippen molar-refractivity contribution in [3.05, 3.63) is 311 Å². The Bertz CT molecular complexity index is 5480. The van der Waals surface area contributed by atoms with Gasteiger partial charge in [0.25, 0.3) is 17.7 Å². The van der Waals surface area contributed by atoms with Gasteiger partial charge in [-0.05, 0) is 215 Å². The number of nitrogens with one attached hydrogen (secondary N) is 2. The van der Waals surface area contributed by atoms with Crippen LogP contribution in [0, 0.1) is 33.5 Å². The lowest BCUT2D eigenvalue weighted by Crippen LogP contribution is -2.40. The van der Waals surface area contributed by atoms with E-state index in [4.69, 9.17) is 40.4 Å². The van der Waals surface area contributed by atoms with Crippen LogP contribution in [0.5, 0.6) is 0 Å². The first-order chi connectivity index (χ1) is 53.2. The number of aromatic nitrogens is 9. The van der Waals surface area contributed by atoms with Gasteiger partial charge in [0.05, 0.1) is 91.5 Å². The van der Waals surface area contributed by atoms with Gasteiger partial charge in [-0.1, -0.05) is 147 Å². The molecular formula is C83H90BrCl2F4N15O6. The predicted molar refractivity (Wildman–Crippen MR) is 429 cm³/mol. The minimum absolute atomic E-state index is 0.123. The summed E-state index contributed by atoms with van der Waals surface area (Å²) >= 11 is 16.5. The van der Waals surface area contributed by atoms with E-state index in [9.17, 15) is 46.3 Å². The van der Waals surface area contributed by atoms with E-state index in [-0.39, 0.29) is 47.5 Å². The molecule has 0 aliphatic heterocycles. The molecular weight excluding hydrogens is 1530 g/mol. The van der Waals surface area contributed by atoms with Crippen molar-refractivity contribution in [1.29, 1.82) is 0 Å². The Hall–Kier alpha value is -10.4. The average molecular weight is 1620 g/mol. The van der Waals surface area contributed by atoms with Gasteiger partial charge in [-0.25, -0.2) is 18.8 Å². The number of fused-ring (bicyclic) bond motifs is 3. The Morgan fingerprint density at radius 3 is 1.42 bits per heavy atom. The summed E-state index contributed by atoms with van der Waals surface area (Å²) in [6, 6.07) is 46.9. The molecule has 111 heavy (non-hydrogen) atoms. The third kappa shape index (κ3) is 19.2. The molecule has 3 amide bonds. The molecule has 6 aromatic carbocycles. The molecule has 8 N–H and O–H groups in total. The highest BCUT2D eigenvalue weighted by molar-refractivity contribution is 9.10. The largest absolute Gasteiger partial charge is 0.416 e. The molecule has 0 radical (unpaired) electrons. The molecule has 0 spiro atoms. The van der Waals surface area contributed by atoms with Crippen LogP contribution in [0.2, 0.25) is 10.0 Å². The van der Waals surface area contributed by atoms with Gasteiger partial charge in [-0.2, -0.15) is 42.0 Å². The van der Waals surface area contributed by atoms with Crippen LogP contribution in [-0.2, 0) is 38.7 Å². The Morgan fingerprint density at radius 1 is 0.523 bits per heavy atom. The Labute approximate surface area is 658 Å². The Kier molecular flexibility index (Phi) is 28.1. The molecule has 0 aliphatic rings. The summed E-state index contributed by atoms with van der Waals surface area (Å²) in [5, 5.41) is 20.1. The van der Waals surface area contributed by atoms with Gasteiger partial charge in [0, 0.05) is 40.3 Å².